The molecular weight excluding hydrogens is 685 g/mol. The van der Waals surface area contributed by atoms with Crippen molar-refractivity contribution in [3.05, 3.63) is 63.7 Å². The van der Waals surface area contributed by atoms with E-state index in [1.807, 2.05) is 29.2 Å². The molecule has 0 radical (unpaired) electrons. The lowest BCUT2D eigenvalue weighted by Crippen LogP contribution is -2.67. The molecule has 3 aliphatic rings. The van der Waals surface area contributed by atoms with Crippen LogP contribution < -0.4 is 5.32 Å². The number of carbonyl (C=O) groups is 3. The first-order valence-electron chi connectivity index (χ1n) is 17.4. The summed E-state index contributed by atoms with van der Waals surface area (Å²) in [5.74, 6) is -3.31. The number of likely N-dealkylation sites (tertiary alicyclic amines) is 2. The lowest BCUT2D eigenvalue weighted by Gasteiger charge is -2.48. The third-order valence-electron chi connectivity index (χ3n) is 10.2. The number of methoxy groups -OCH3 is 2. The molecule has 2 aliphatic heterocycles. The molecule has 6 rings (SSSR count). The fraction of sp³-hybridized carbons (Fsp3) is 0.541. The number of ether oxygens (including phenoxy) is 4. The first-order valence-corrected chi connectivity index (χ1v) is 18.6. The van der Waals surface area contributed by atoms with Gasteiger partial charge in [0.2, 0.25) is 5.85 Å². The van der Waals surface area contributed by atoms with Crippen molar-refractivity contribution >= 4 is 56.4 Å². The molecule has 1 unspecified atom stereocenters. The molecule has 1 amide bonds. The molecule has 13 heteroatoms. The number of fused-ring (bicyclic) bond motifs is 1. The van der Waals surface area contributed by atoms with E-state index in [-0.39, 0.29) is 58.7 Å². The summed E-state index contributed by atoms with van der Waals surface area (Å²) in [5.41, 5.74) is 0.689. The van der Waals surface area contributed by atoms with E-state index < -0.39 is 17.6 Å². The number of thiophene rings is 1. The van der Waals surface area contributed by atoms with Crippen LogP contribution in [0, 0.1) is 11.7 Å². The van der Waals surface area contributed by atoms with E-state index in [2.05, 4.69) is 10.2 Å². The molecule has 270 valence electrons. The van der Waals surface area contributed by atoms with E-state index in [1.54, 1.807) is 26.5 Å². The van der Waals surface area contributed by atoms with E-state index in [4.69, 9.17) is 30.5 Å². The number of carbonyl (C=O) groups excluding carboxylic acids is 3. The number of ketones is 1. The molecule has 1 saturated carbocycles. The summed E-state index contributed by atoms with van der Waals surface area (Å²) in [5, 5.41) is 5.43. The Morgan fingerprint density at radius 1 is 1.00 bits per heavy atom. The fourth-order valence-electron chi connectivity index (χ4n) is 7.59. The van der Waals surface area contributed by atoms with Gasteiger partial charge in [0, 0.05) is 62.3 Å². The normalized spacial score (nSPS) is 24.3. The van der Waals surface area contributed by atoms with Gasteiger partial charge in [0.05, 0.1) is 47.1 Å². The highest BCUT2D eigenvalue weighted by molar-refractivity contribution is 7.17. The van der Waals surface area contributed by atoms with Gasteiger partial charge < -0.3 is 24.3 Å². The van der Waals surface area contributed by atoms with Crippen LogP contribution >= 0.6 is 22.9 Å². The van der Waals surface area contributed by atoms with Gasteiger partial charge in [-0.25, -0.2) is 4.39 Å². The largest absolute Gasteiger partial charge is 0.466 e. The third-order valence-corrected chi connectivity index (χ3v) is 11.5. The number of rotatable bonds is 13. The number of benzene rings is 2. The first kappa shape index (κ1) is 36.8. The van der Waals surface area contributed by atoms with Crippen molar-refractivity contribution < 1.29 is 37.7 Å². The number of anilines is 1. The van der Waals surface area contributed by atoms with Crippen LogP contribution in [0.5, 0.6) is 0 Å². The van der Waals surface area contributed by atoms with Gasteiger partial charge in [-0.3, -0.25) is 24.2 Å². The van der Waals surface area contributed by atoms with Gasteiger partial charge in [0.1, 0.15) is 5.82 Å². The Bertz CT molecular complexity index is 1680. The third kappa shape index (κ3) is 7.48. The van der Waals surface area contributed by atoms with Crippen LogP contribution in [-0.4, -0.2) is 98.6 Å². The van der Waals surface area contributed by atoms with Gasteiger partial charge >= 0.3 is 5.97 Å². The fourth-order valence-corrected chi connectivity index (χ4v) is 8.77. The van der Waals surface area contributed by atoms with Crippen molar-refractivity contribution in [2.75, 3.05) is 52.3 Å². The van der Waals surface area contributed by atoms with Gasteiger partial charge in [-0.05, 0) is 69.2 Å². The summed E-state index contributed by atoms with van der Waals surface area (Å²) >= 11 is 8.11. The van der Waals surface area contributed by atoms with Crippen LogP contribution in [0.1, 0.15) is 61.4 Å². The molecule has 1 aromatic heterocycles. The molecule has 3 fully saturated rings. The highest BCUT2D eigenvalue weighted by Crippen LogP contribution is 2.39. The summed E-state index contributed by atoms with van der Waals surface area (Å²) in [6, 6.07) is 10.1. The van der Waals surface area contributed by atoms with Crippen LogP contribution in [0.4, 0.5) is 10.1 Å². The van der Waals surface area contributed by atoms with E-state index >= 15 is 4.39 Å². The Morgan fingerprint density at radius 2 is 1.68 bits per heavy atom. The molecule has 3 atom stereocenters. The second-order valence-corrected chi connectivity index (χ2v) is 14.5. The minimum absolute atomic E-state index is 0.1000. The molecule has 0 bridgehead atoms. The number of Topliss-reactive ketones (excluding diaryl/α,β-unsaturated/α-hetero) is 1. The monoisotopic (exact) mass is 729 g/mol. The minimum Gasteiger partial charge on any atom is -0.466 e. The molecular formula is C37H45ClFN3O7S. The second kappa shape index (κ2) is 16.1. The van der Waals surface area contributed by atoms with Crippen molar-refractivity contribution in [3.63, 3.8) is 0 Å². The lowest BCUT2D eigenvalue weighted by molar-refractivity contribution is -0.254. The van der Waals surface area contributed by atoms with Gasteiger partial charge in [-0.15, -0.1) is 11.3 Å². The predicted molar refractivity (Wildman–Crippen MR) is 190 cm³/mol. The van der Waals surface area contributed by atoms with Gasteiger partial charge in [-0.2, -0.15) is 0 Å². The van der Waals surface area contributed by atoms with Gasteiger partial charge in [0.25, 0.3) is 5.91 Å². The van der Waals surface area contributed by atoms with Crippen molar-refractivity contribution in [2.45, 2.75) is 76.0 Å². The highest BCUT2D eigenvalue weighted by Gasteiger charge is 2.56. The van der Waals surface area contributed by atoms with Crippen LogP contribution in [-0.2, 0) is 35.0 Å². The summed E-state index contributed by atoms with van der Waals surface area (Å²) in [7, 11) is 3.24. The molecule has 1 aliphatic carbocycles. The summed E-state index contributed by atoms with van der Waals surface area (Å²) < 4.78 is 40.7. The average Bonchev–Trinajstić information content (AvgIpc) is 3.90. The van der Waals surface area contributed by atoms with Crippen LogP contribution in [0.15, 0.2) is 41.8 Å². The number of amides is 1. The predicted octanol–water partition coefficient (Wildman–Crippen LogP) is 6.29. The lowest BCUT2D eigenvalue weighted by atomic mass is 9.87. The first-order chi connectivity index (χ1) is 24.2. The SMILES string of the molecule is CCOC(=O)[C@H]1CC[C@H](OC(C(=O)Cc2cc(Cl)c(NC(=O)c3csc4ccccc34)cc2F)(N2CCCC2)N2C[C@H](OC)[C@H](OC)C2)CC1. The van der Waals surface area contributed by atoms with Gasteiger partial charge in [0.15, 0.2) is 5.78 Å². The number of hydrogen-bond donors (Lipinski definition) is 1. The topological polar surface area (TPSA) is 107 Å². The molecule has 2 aromatic carbocycles. The second-order valence-electron chi connectivity index (χ2n) is 13.2. The highest BCUT2D eigenvalue weighted by atomic mass is 35.5. The van der Waals surface area contributed by atoms with Gasteiger partial charge in [-0.1, -0.05) is 29.8 Å². The van der Waals surface area contributed by atoms with Crippen LogP contribution in [0.3, 0.4) is 0 Å². The Kier molecular flexibility index (Phi) is 11.9. The van der Waals surface area contributed by atoms with E-state index in [0.717, 1.165) is 22.9 Å². The maximum Gasteiger partial charge on any atom is 0.308 e. The average molecular weight is 730 g/mol. The summed E-state index contributed by atoms with van der Waals surface area (Å²) in [6.07, 6.45) is 2.91. The number of esters is 1. The molecule has 10 nitrogen and oxygen atoms in total. The number of hydrogen-bond acceptors (Lipinski definition) is 10. The maximum absolute atomic E-state index is 15.9. The van der Waals surface area contributed by atoms with Crippen LogP contribution in [0.2, 0.25) is 5.02 Å². The maximum atomic E-state index is 15.9. The van der Waals surface area contributed by atoms with Crippen LogP contribution in [0.25, 0.3) is 10.1 Å². The standard InChI is InChI=1S/C37H45ClFN3O7S/c1-4-48-36(45)23-11-13-25(14-12-23)49-37(41-15-7-8-16-41,42-20-31(46-2)32(21-42)47-3)34(43)18-24-17-28(38)30(19-29(24)39)40-35(44)27-22-50-33-10-6-5-9-26(27)33/h5-6,9-10,17,19,22-23,25,31-32H,4,7-8,11-16,18,20-21H2,1-3H3,(H,40,44)/t23-,25-,31-,32+,37?. The van der Waals surface area contributed by atoms with Crippen molar-refractivity contribution in [1.82, 2.24) is 9.80 Å². The Balaban J connectivity index is 1.28. The quantitative estimate of drug-likeness (QED) is 0.203. The molecule has 1 N–H and O–H groups in total. The summed E-state index contributed by atoms with van der Waals surface area (Å²) in [6.45, 7) is 4.13. The van der Waals surface area contributed by atoms with Crippen molar-refractivity contribution in [2.24, 2.45) is 5.92 Å². The number of nitrogens with zero attached hydrogens (tertiary/aromatic N) is 2. The molecule has 3 aromatic rings. The zero-order valence-electron chi connectivity index (χ0n) is 28.8. The smallest absolute Gasteiger partial charge is 0.308 e. The molecule has 3 heterocycles. The van der Waals surface area contributed by atoms with Crippen molar-refractivity contribution in [1.29, 1.82) is 0 Å². The molecule has 50 heavy (non-hydrogen) atoms. The Hall–Kier alpha value is -2.97. The van der Waals surface area contributed by atoms with E-state index in [0.29, 0.717) is 64.0 Å². The Labute approximate surface area is 301 Å². The molecule has 2 saturated heterocycles. The molecule has 0 spiro atoms. The van der Waals surface area contributed by atoms with E-state index in [1.165, 1.54) is 23.5 Å². The number of nitrogens with one attached hydrogen (secondary N) is 1. The summed E-state index contributed by atoms with van der Waals surface area (Å²) in [4.78, 5) is 44.6. The minimum atomic E-state index is -1.52. The van der Waals surface area contributed by atoms with E-state index in [9.17, 15) is 14.4 Å². The zero-order chi connectivity index (χ0) is 35.4. The van der Waals surface area contributed by atoms with Crippen molar-refractivity contribution in [3.8, 4) is 0 Å². The zero-order valence-corrected chi connectivity index (χ0v) is 30.3. The Morgan fingerprint density at radius 3 is 2.34 bits per heavy atom. The number of halogens is 2.